The molecule has 0 unspecified atom stereocenters. The minimum absolute atomic E-state index is 0.211. The molecule has 0 aliphatic heterocycles. The van der Waals surface area contributed by atoms with E-state index >= 15 is 0 Å². The van der Waals surface area contributed by atoms with E-state index in [-0.39, 0.29) is 5.75 Å². The third-order valence-corrected chi connectivity index (χ3v) is 2.03. The van der Waals surface area contributed by atoms with Crippen LogP contribution in [0, 0.1) is 5.82 Å². The summed E-state index contributed by atoms with van der Waals surface area (Å²) >= 11 is 7.13. The number of hydrogen-bond donors (Lipinski definition) is 1. The molecular weight excluding hydrogens is 231 g/mol. The molecule has 4 heteroatoms. The van der Waals surface area contributed by atoms with Crippen LogP contribution in [0.5, 0.6) is 5.75 Å². The van der Waals surface area contributed by atoms with Crippen molar-refractivity contribution in [1.82, 2.24) is 0 Å². The number of rotatable bonds is 1. The van der Waals surface area contributed by atoms with E-state index < -0.39 is 5.82 Å². The Balaban J connectivity index is 3.25. The van der Waals surface area contributed by atoms with Gasteiger partial charge < -0.3 is 4.74 Å². The summed E-state index contributed by atoms with van der Waals surface area (Å²) in [5.74, 6) is -0.199. The molecule has 0 N–H and O–H groups in total. The molecule has 60 valence electrons. The molecule has 0 radical (unpaired) electrons. The Hall–Kier alpha value is -0.220. The summed E-state index contributed by atoms with van der Waals surface area (Å²) in [6.45, 7) is 0. The van der Waals surface area contributed by atoms with Crippen LogP contribution in [-0.2, 0) is 0 Å². The SMILES string of the molecule is COc1c(F)cc(S)cc1Br. The lowest BCUT2D eigenvalue weighted by Crippen LogP contribution is -1.89. The van der Waals surface area contributed by atoms with E-state index in [1.807, 2.05) is 0 Å². The highest BCUT2D eigenvalue weighted by Gasteiger charge is 2.07. The average molecular weight is 237 g/mol. The molecule has 0 aliphatic carbocycles. The largest absolute Gasteiger partial charge is 0.492 e. The third-order valence-electron chi connectivity index (χ3n) is 1.19. The van der Waals surface area contributed by atoms with Gasteiger partial charge in [0.25, 0.3) is 0 Å². The number of hydrogen-bond acceptors (Lipinski definition) is 2. The molecule has 0 saturated carbocycles. The summed E-state index contributed by atoms with van der Waals surface area (Å²) in [6, 6.07) is 2.97. The van der Waals surface area contributed by atoms with Gasteiger partial charge in [0.2, 0.25) is 0 Å². The zero-order valence-corrected chi connectivity index (χ0v) is 8.25. The first kappa shape index (κ1) is 8.87. The van der Waals surface area contributed by atoms with Crippen molar-refractivity contribution < 1.29 is 9.13 Å². The molecule has 0 aromatic heterocycles. The molecule has 0 heterocycles. The van der Waals surface area contributed by atoms with Gasteiger partial charge in [-0.1, -0.05) is 0 Å². The summed E-state index contributed by atoms with van der Waals surface area (Å²) in [5, 5.41) is 0. The molecule has 0 spiro atoms. The zero-order chi connectivity index (χ0) is 8.43. The maximum Gasteiger partial charge on any atom is 0.168 e. The molecule has 1 nitrogen and oxygen atoms in total. The van der Waals surface area contributed by atoms with Gasteiger partial charge in [-0.05, 0) is 28.1 Å². The second-order valence-corrected chi connectivity index (χ2v) is 3.31. The van der Waals surface area contributed by atoms with Gasteiger partial charge in [0, 0.05) is 4.90 Å². The normalized spacial score (nSPS) is 9.82. The van der Waals surface area contributed by atoms with Gasteiger partial charge in [-0.15, -0.1) is 12.6 Å². The molecule has 1 aromatic rings. The van der Waals surface area contributed by atoms with Gasteiger partial charge >= 0.3 is 0 Å². The maximum atomic E-state index is 12.9. The van der Waals surface area contributed by atoms with Crippen molar-refractivity contribution in [2.24, 2.45) is 0 Å². The molecule has 11 heavy (non-hydrogen) atoms. The number of ether oxygens (including phenoxy) is 1. The molecule has 0 saturated heterocycles. The average Bonchev–Trinajstić information content (AvgIpc) is 1.85. The lowest BCUT2D eigenvalue weighted by molar-refractivity contribution is 0.383. The van der Waals surface area contributed by atoms with Crippen molar-refractivity contribution in [3.63, 3.8) is 0 Å². The van der Waals surface area contributed by atoms with Crippen LogP contribution in [-0.4, -0.2) is 7.11 Å². The molecular formula is C7H6BrFOS. The molecule has 0 fully saturated rings. The number of thiol groups is 1. The minimum Gasteiger partial charge on any atom is -0.492 e. The van der Waals surface area contributed by atoms with E-state index in [0.717, 1.165) is 0 Å². The van der Waals surface area contributed by atoms with Crippen molar-refractivity contribution in [1.29, 1.82) is 0 Å². The van der Waals surface area contributed by atoms with Crippen LogP contribution in [0.15, 0.2) is 21.5 Å². The Bertz CT molecular complexity index is 254. The van der Waals surface area contributed by atoms with Crippen LogP contribution >= 0.6 is 28.6 Å². The standard InChI is InChI=1S/C7H6BrFOS/c1-10-7-5(8)2-4(11)3-6(7)9/h2-3,11H,1H3. The smallest absolute Gasteiger partial charge is 0.168 e. The van der Waals surface area contributed by atoms with Gasteiger partial charge in [0.05, 0.1) is 11.6 Å². The van der Waals surface area contributed by atoms with Gasteiger partial charge in [-0.2, -0.15) is 0 Å². The highest BCUT2D eigenvalue weighted by molar-refractivity contribution is 9.10. The lowest BCUT2D eigenvalue weighted by atomic mass is 10.3. The third kappa shape index (κ3) is 1.87. The lowest BCUT2D eigenvalue weighted by Gasteiger charge is -2.04. The van der Waals surface area contributed by atoms with Crippen molar-refractivity contribution in [2.75, 3.05) is 7.11 Å². The van der Waals surface area contributed by atoms with Crippen molar-refractivity contribution in [3.05, 3.63) is 22.4 Å². The molecule has 0 aliphatic rings. The highest BCUT2D eigenvalue weighted by atomic mass is 79.9. The number of halogens is 2. The van der Waals surface area contributed by atoms with Gasteiger partial charge in [-0.3, -0.25) is 0 Å². The fourth-order valence-electron chi connectivity index (χ4n) is 0.742. The first-order chi connectivity index (χ1) is 5.15. The van der Waals surface area contributed by atoms with Crippen molar-refractivity contribution >= 4 is 28.6 Å². The van der Waals surface area contributed by atoms with E-state index in [4.69, 9.17) is 4.74 Å². The van der Waals surface area contributed by atoms with Crippen molar-refractivity contribution in [3.8, 4) is 5.75 Å². The first-order valence-electron chi connectivity index (χ1n) is 2.87. The summed E-state index contributed by atoms with van der Waals surface area (Å²) in [6.07, 6.45) is 0. The Morgan fingerprint density at radius 1 is 1.55 bits per heavy atom. The Kier molecular flexibility index (Phi) is 2.78. The second-order valence-electron chi connectivity index (χ2n) is 1.94. The fraction of sp³-hybridized carbons (Fsp3) is 0.143. The van der Waals surface area contributed by atoms with Crippen molar-refractivity contribution in [2.45, 2.75) is 4.90 Å². The fourth-order valence-corrected chi connectivity index (χ4v) is 1.76. The van der Waals surface area contributed by atoms with Gasteiger partial charge in [0.15, 0.2) is 11.6 Å². The predicted molar refractivity (Wildman–Crippen MR) is 47.9 cm³/mol. The summed E-state index contributed by atoms with van der Waals surface area (Å²) < 4.78 is 18.3. The molecule has 0 amide bonds. The Labute approximate surface area is 78.1 Å². The quantitative estimate of drug-likeness (QED) is 0.739. The van der Waals surface area contributed by atoms with Crippen LogP contribution in [0.4, 0.5) is 4.39 Å². The summed E-state index contributed by atoms with van der Waals surface area (Å²) in [4.78, 5) is 0.565. The van der Waals surface area contributed by atoms with E-state index in [9.17, 15) is 4.39 Å². The maximum absolute atomic E-state index is 12.9. The molecule has 0 atom stereocenters. The highest BCUT2D eigenvalue weighted by Crippen LogP contribution is 2.30. The first-order valence-corrected chi connectivity index (χ1v) is 4.11. The van der Waals surface area contributed by atoms with Crippen LogP contribution in [0.3, 0.4) is 0 Å². The monoisotopic (exact) mass is 236 g/mol. The van der Waals surface area contributed by atoms with E-state index in [0.29, 0.717) is 9.37 Å². The van der Waals surface area contributed by atoms with Gasteiger partial charge in [0.1, 0.15) is 0 Å². The summed E-state index contributed by atoms with van der Waals surface area (Å²) in [5.41, 5.74) is 0. The minimum atomic E-state index is -0.410. The zero-order valence-electron chi connectivity index (χ0n) is 5.77. The second kappa shape index (κ2) is 3.45. The van der Waals surface area contributed by atoms with Crippen LogP contribution in [0.1, 0.15) is 0 Å². The van der Waals surface area contributed by atoms with E-state index in [2.05, 4.69) is 28.6 Å². The number of benzene rings is 1. The van der Waals surface area contributed by atoms with E-state index in [1.165, 1.54) is 13.2 Å². The molecule has 1 rings (SSSR count). The topological polar surface area (TPSA) is 9.23 Å². The molecule has 0 bridgehead atoms. The van der Waals surface area contributed by atoms with Gasteiger partial charge in [-0.25, -0.2) is 4.39 Å². The summed E-state index contributed by atoms with van der Waals surface area (Å²) in [7, 11) is 1.42. The van der Waals surface area contributed by atoms with Crippen LogP contribution < -0.4 is 4.74 Å². The van der Waals surface area contributed by atoms with Crippen LogP contribution in [0.25, 0.3) is 0 Å². The Morgan fingerprint density at radius 3 is 2.64 bits per heavy atom. The Morgan fingerprint density at radius 2 is 2.18 bits per heavy atom. The molecule has 1 aromatic carbocycles. The van der Waals surface area contributed by atoms with Crippen LogP contribution in [0.2, 0.25) is 0 Å². The number of methoxy groups -OCH3 is 1. The predicted octanol–water partition coefficient (Wildman–Crippen LogP) is 2.89. The van der Waals surface area contributed by atoms with E-state index in [1.54, 1.807) is 6.07 Å².